The molecule has 1 atom stereocenters. The highest BCUT2D eigenvalue weighted by atomic mass is 32.1. The molecule has 0 spiro atoms. The van der Waals surface area contributed by atoms with E-state index < -0.39 is 0 Å². The van der Waals surface area contributed by atoms with Crippen LogP contribution in [0, 0.1) is 0 Å². The first-order valence-electron chi connectivity index (χ1n) is 4.53. The summed E-state index contributed by atoms with van der Waals surface area (Å²) in [5, 5.41) is 0. The molecule has 1 amide bonds. The zero-order valence-electron chi connectivity index (χ0n) is 8.54. The highest BCUT2D eigenvalue weighted by molar-refractivity contribution is 7.80. The third kappa shape index (κ3) is 4.83. The Morgan fingerprint density at radius 3 is 2.54 bits per heavy atom. The molecule has 0 aliphatic heterocycles. The summed E-state index contributed by atoms with van der Waals surface area (Å²) in [6.07, 6.45) is 2.27. The minimum atomic E-state index is 0.00782. The van der Waals surface area contributed by atoms with Crippen LogP contribution in [0.4, 0.5) is 0 Å². The Hall–Kier alpha value is -0.640. The summed E-state index contributed by atoms with van der Waals surface area (Å²) >= 11 is 4.67. The standard InChI is InChI=1S/C9H18N2OS/c1-4-5-7(2)11(3)9(12)6-8(10)13/h7H,4-6H2,1-3H3,(H2,10,13). The lowest BCUT2D eigenvalue weighted by Crippen LogP contribution is -2.36. The molecule has 0 bridgehead atoms. The fourth-order valence-corrected chi connectivity index (χ4v) is 1.25. The first-order valence-corrected chi connectivity index (χ1v) is 4.93. The Morgan fingerprint density at radius 1 is 1.62 bits per heavy atom. The highest BCUT2D eigenvalue weighted by Gasteiger charge is 2.14. The summed E-state index contributed by atoms with van der Waals surface area (Å²) in [6, 6.07) is 0.270. The van der Waals surface area contributed by atoms with Crippen molar-refractivity contribution in [2.24, 2.45) is 5.73 Å². The van der Waals surface area contributed by atoms with E-state index in [1.54, 1.807) is 11.9 Å². The maximum absolute atomic E-state index is 11.4. The summed E-state index contributed by atoms with van der Waals surface area (Å²) in [7, 11) is 1.79. The highest BCUT2D eigenvalue weighted by Crippen LogP contribution is 2.05. The third-order valence-corrected chi connectivity index (χ3v) is 2.23. The van der Waals surface area contributed by atoms with E-state index in [1.807, 2.05) is 6.92 Å². The topological polar surface area (TPSA) is 46.3 Å². The molecule has 0 radical (unpaired) electrons. The van der Waals surface area contributed by atoms with Gasteiger partial charge in [-0.3, -0.25) is 4.79 Å². The van der Waals surface area contributed by atoms with Gasteiger partial charge in [-0.25, -0.2) is 0 Å². The largest absolute Gasteiger partial charge is 0.393 e. The summed E-state index contributed by atoms with van der Waals surface area (Å²) < 4.78 is 0. The van der Waals surface area contributed by atoms with Gasteiger partial charge in [0.2, 0.25) is 5.91 Å². The monoisotopic (exact) mass is 202 g/mol. The molecule has 4 heteroatoms. The van der Waals surface area contributed by atoms with Crippen LogP contribution in [0.5, 0.6) is 0 Å². The third-order valence-electron chi connectivity index (χ3n) is 2.09. The Morgan fingerprint density at radius 2 is 2.15 bits per heavy atom. The predicted molar refractivity (Wildman–Crippen MR) is 58.5 cm³/mol. The average Bonchev–Trinajstić information content (AvgIpc) is 2.02. The van der Waals surface area contributed by atoms with Crippen LogP contribution in [0.1, 0.15) is 33.1 Å². The molecule has 0 rings (SSSR count). The minimum Gasteiger partial charge on any atom is -0.393 e. The second-order valence-electron chi connectivity index (χ2n) is 3.29. The van der Waals surface area contributed by atoms with Crippen molar-refractivity contribution in [3.05, 3.63) is 0 Å². The first-order chi connectivity index (χ1) is 5.99. The van der Waals surface area contributed by atoms with Gasteiger partial charge in [0.1, 0.15) is 0 Å². The molecule has 0 fully saturated rings. The second-order valence-corrected chi connectivity index (χ2v) is 3.81. The Balaban J connectivity index is 4.01. The maximum atomic E-state index is 11.4. The number of nitrogens with zero attached hydrogens (tertiary/aromatic N) is 1. The van der Waals surface area contributed by atoms with E-state index in [4.69, 9.17) is 5.73 Å². The molecule has 0 saturated heterocycles. The van der Waals surface area contributed by atoms with Crippen molar-refractivity contribution in [3.63, 3.8) is 0 Å². The normalized spacial score (nSPS) is 12.2. The number of thiocarbonyl (C=S) groups is 1. The van der Waals surface area contributed by atoms with Crippen molar-refractivity contribution in [2.75, 3.05) is 7.05 Å². The molecule has 0 saturated carbocycles. The van der Waals surface area contributed by atoms with E-state index in [2.05, 4.69) is 19.1 Å². The second kappa shape index (κ2) is 5.91. The minimum absolute atomic E-state index is 0.00782. The average molecular weight is 202 g/mol. The molecule has 0 aliphatic rings. The van der Waals surface area contributed by atoms with Gasteiger partial charge >= 0.3 is 0 Å². The van der Waals surface area contributed by atoms with Gasteiger partial charge in [-0.15, -0.1) is 0 Å². The number of rotatable bonds is 5. The Labute approximate surface area is 85.3 Å². The maximum Gasteiger partial charge on any atom is 0.229 e. The Kier molecular flexibility index (Phi) is 5.62. The fraction of sp³-hybridized carbons (Fsp3) is 0.778. The van der Waals surface area contributed by atoms with Crippen LogP contribution >= 0.6 is 12.2 Å². The van der Waals surface area contributed by atoms with Crippen LogP contribution in [0.3, 0.4) is 0 Å². The number of hydrogen-bond acceptors (Lipinski definition) is 2. The molecular formula is C9H18N2OS. The van der Waals surface area contributed by atoms with Gasteiger partial charge < -0.3 is 10.6 Å². The number of carbonyl (C=O) groups excluding carboxylic acids is 1. The molecule has 0 aliphatic carbocycles. The molecule has 3 nitrogen and oxygen atoms in total. The van der Waals surface area contributed by atoms with Crippen molar-refractivity contribution in [1.82, 2.24) is 4.90 Å². The molecule has 76 valence electrons. The van der Waals surface area contributed by atoms with Gasteiger partial charge in [0.25, 0.3) is 0 Å². The van der Waals surface area contributed by atoms with Gasteiger partial charge in [-0.05, 0) is 13.3 Å². The van der Waals surface area contributed by atoms with E-state index in [0.29, 0.717) is 0 Å². The van der Waals surface area contributed by atoms with Crippen molar-refractivity contribution in [1.29, 1.82) is 0 Å². The quantitative estimate of drug-likeness (QED) is 0.684. The van der Waals surface area contributed by atoms with Crippen LogP contribution in [-0.4, -0.2) is 28.9 Å². The molecule has 2 N–H and O–H groups in total. The van der Waals surface area contributed by atoms with E-state index in [0.717, 1.165) is 12.8 Å². The molecule has 1 unspecified atom stereocenters. The van der Waals surface area contributed by atoms with Crippen LogP contribution in [0.25, 0.3) is 0 Å². The van der Waals surface area contributed by atoms with Crippen molar-refractivity contribution in [2.45, 2.75) is 39.2 Å². The summed E-state index contributed by atoms with van der Waals surface area (Å²) in [5.74, 6) is 0.00782. The summed E-state index contributed by atoms with van der Waals surface area (Å²) in [5.41, 5.74) is 5.29. The molecule has 0 heterocycles. The first kappa shape index (κ1) is 12.4. The predicted octanol–water partition coefficient (Wildman–Crippen LogP) is 1.31. The van der Waals surface area contributed by atoms with Gasteiger partial charge in [-0.1, -0.05) is 25.6 Å². The van der Waals surface area contributed by atoms with Crippen molar-refractivity contribution in [3.8, 4) is 0 Å². The molecule has 0 aromatic heterocycles. The van der Waals surface area contributed by atoms with Gasteiger partial charge in [-0.2, -0.15) is 0 Å². The lowest BCUT2D eigenvalue weighted by molar-refractivity contribution is -0.130. The zero-order chi connectivity index (χ0) is 10.4. The SMILES string of the molecule is CCCC(C)N(C)C(=O)CC(N)=S. The van der Waals surface area contributed by atoms with Crippen LogP contribution in [-0.2, 0) is 4.79 Å². The molecular weight excluding hydrogens is 184 g/mol. The summed E-state index contributed by atoms with van der Waals surface area (Å²) in [6.45, 7) is 4.13. The number of nitrogens with two attached hydrogens (primary N) is 1. The number of amides is 1. The van der Waals surface area contributed by atoms with Gasteiger partial charge in [0.05, 0.1) is 11.4 Å². The Bertz CT molecular complexity index is 194. The fourth-order valence-electron chi connectivity index (χ4n) is 1.13. The molecule has 0 aromatic rings. The van der Waals surface area contributed by atoms with Gasteiger partial charge in [0.15, 0.2) is 0 Å². The van der Waals surface area contributed by atoms with Crippen LogP contribution in [0.2, 0.25) is 0 Å². The van der Waals surface area contributed by atoms with Gasteiger partial charge in [0, 0.05) is 13.1 Å². The smallest absolute Gasteiger partial charge is 0.229 e. The van der Waals surface area contributed by atoms with E-state index >= 15 is 0 Å². The number of hydrogen-bond donors (Lipinski definition) is 1. The van der Waals surface area contributed by atoms with E-state index in [1.165, 1.54) is 0 Å². The zero-order valence-corrected chi connectivity index (χ0v) is 9.36. The van der Waals surface area contributed by atoms with Crippen molar-refractivity contribution >= 4 is 23.1 Å². The van der Waals surface area contributed by atoms with E-state index in [9.17, 15) is 4.79 Å². The van der Waals surface area contributed by atoms with Crippen LogP contribution in [0.15, 0.2) is 0 Å². The lowest BCUT2D eigenvalue weighted by Gasteiger charge is -2.24. The molecule has 0 aromatic carbocycles. The summed E-state index contributed by atoms with van der Waals surface area (Å²) in [4.78, 5) is 13.4. The van der Waals surface area contributed by atoms with E-state index in [-0.39, 0.29) is 23.4 Å². The molecule has 13 heavy (non-hydrogen) atoms. The number of carbonyl (C=O) groups is 1. The lowest BCUT2D eigenvalue weighted by atomic mass is 10.1. The van der Waals surface area contributed by atoms with Crippen LogP contribution < -0.4 is 5.73 Å². The van der Waals surface area contributed by atoms with Crippen molar-refractivity contribution < 1.29 is 4.79 Å².